The van der Waals surface area contributed by atoms with Gasteiger partial charge in [0.1, 0.15) is 0 Å². The van der Waals surface area contributed by atoms with Gasteiger partial charge in [0.15, 0.2) is 0 Å². The van der Waals surface area contributed by atoms with E-state index in [4.69, 9.17) is 5.73 Å². The van der Waals surface area contributed by atoms with Crippen LogP contribution in [0, 0.1) is 6.92 Å². The molecule has 0 amide bonds. The van der Waals surface area contributed by atoms with Crippen LogP contribution in [0.25, 0.3) is 0 Å². The Labute approximate surface area is 71.5 Å². The van der Waals surface area contributed by atoms with Gasteiger partial charge in [-0.05, 0) is 19.9 Å². The largest absolute Gasteiger partial charge is 0.330 e. The summed E-state index contributed by atoms with van der Waals surface area (Å²) in [6, 6.07) is 0. The van der Waals surface area contributed by atoms with Crippen LogP contribution in [0.15, 0.2) is 0 Å². The molecule has 0 unspecified atom stereocenters. The van der Waals surface area contributed by atoms with Crippen molar-refractivity contribution in [3.8, 4) is 0 Å². The third-order valence-electron chi connectivity index (χ3n) is 1.63. The average Bonchev–Trinajstić information content (AvgIpc) is 2.32. The van der Waals surface area contributed by atoms with E-state index in [0.717, 1.165) is 12.8 Å². The van der Waals surface area contributed by atoms with Crippen LogP contribution in [0.4, 0.5) is 0 Å². The minimum atomic E-state index is 0.704. The highest BCUT2D eigenvalue weighted by atomic mass is 32.1. The highest BCUT2D eigenvalue weighted by molar-refractivity contribution is 7.11. The van der Waals surface area contributed by atoms with Crippen LogP contribution in [0.2, 0.25) is 0 Å². The Balaban J connectivity index is 2.77. The van der Waals surface area contributed by atoms with E-state index in [2.05, 4.69) is 18.8 Å². The molecular weight excluding hydrogens is 156 g/mol. The van der Waals surface area contributed by atoms with Gasteiger partial charge in [0.05, 0.1) is 10.7 Å². The zero-order valence-electron chi connectivity index (χ0n) is 7.05. The first-order chi connectivity index (χ1) is 5.27. The minimum absolute atomic E-state index is 0.704. The summed E-state index contributed by atoms with van der Waals surface area (Å²) in [7, 11) is 0. The molecule has 1 rings (SSSR count). The van der Waals surface area contributed by atoms with Gasteiger partial charge in [-0.1, -0.05) is 6.92 Å². The van der Waals surface area contributed by atoms with Crippen molar-refractivity contribution in [1.82, 2.24) is 4.98 Å². The quantitative estimate of drug-likeness (QED) is 0.747. The predicted molar refractivity (Wildman–Crippen MR) is 49.0 cm³/mol. The van der Waals surface area contributed by atoms with Gasteiger partial charge in [-0.25, -0.2) is 4.98 Å². The normalized spacial score (nSPS) is 10.5. The topological polar surface area (TPSA) is 38.9 Å². The lowest BCUT2D eigenvalue weighted by molar-refractivity contribution is 0.927. The molecule has 0 saturated carbocycles. The van der Waals surface area contributed by atoms with E-state index in [0.29, 0.717) is 6.54 Å². The van der Waals surface area contributed by atoms with Crippen molar-refractivity contribution in [2.24, 2.45) is 5.73 Å². The van der Waals surface area contributed by atoms with E-state index in [1.54, 1.807) is 11.3 Å². The summed E-state index contributed by atoms with van der Waals surface area (Å²) in [6.07, 6.45) is 1.96. The van der Waals surface area contributed by atoms with E-state index in [1.807, 2.05) is 0 Å². The monoisotopic (exact) mass is 170 g/mol. The van der Waals surface area contributed by atoms with Crippen LogP contribution in [-0.2, 0) is 12.8 Å². The number of rotatable bonds is 3. The van der Waals surface area contributed by atoms with Gasteiger partial charge in [0.25, 0.3) is 0 Å². The Morgan fingerprint density at radius 3 is 2.73 bits per heavy atom. The maximum Gasteiger partial charge on any atom is 0.0943 e. The van der Waals surface area contributed by atoms with Gasteiger partial charge >= 0.3 is 0 Å². The lowest BCUT2D eigenvalue weighted by Crippen LogP contribution is -2.02. The first-order valence-electron chi connectivity index (χ1n) is 3.93. The van der Waals surface area contributed by atoms with Crippen molar-refractivity contribution in [1.29, 1.82) is 0 Å². The van der Waals surface area contributed by atoms with Crippen LogP contribution in [-0.4, -0.2) is 11.5 Å². The van der Waals surface area contributed by atoms with E-state index in [1.165, 1.54) is 15.6 Å². The summed E-state index contributed by atoms with van der Waals surface area (Å²) < 4.78 is 0. The zero-order valence-corrected chi connectivity index (χ0v) is 7.87. The first kappa shape index (κ1) is 8.68. The Bertz CT molecular complexity index is 230. The number of aromatic nitrogens is 1. The van der Waals surface area contributed by atoms with Crippen molar-refractivity contribution in [2.75, 3.05) is 6.54 Å². The fraction of sp³-hybridized carbons (Fsp3) is 0.625. The first-order valence-corrected chi connectivity index (χ1v) is 4.74. The summed E-state index contributed by atoms with van der Waals surface area (Å²) in [5.74, 6) is 0. The highest BCUT2D eigenvalue weighted by Crippen LogP contribution is 2.17. The number of aryl methyl sites for hydroxylation is 2. The summed E-state index contributed by atoms with van der Waals surface area (Å²) in [5, 5.41) is 1.18. The molecule has 0 spiro atoms. The molecule has 0 aliphatic heterocycles. The van der Waals surface area contributed by atoms with E-state index in [9.17, 15) is 0 Å². The van der Waals surface area contributed by atoms with Gasteiger partial charge < -0.3 is 5.73 Å². The molecule has 0 atom stereocenters. The molecule has 0 aliphatic rings. The SMILES string of the molecule is CCc1nc(CCN)sc1C. The third-order valence-corrected chi connectivity index (χ3v) is 2.70. The summed E-state index contributed by atoms with van der Waals surface area (Å²) in [5.41, 5.74) is 6.66. The van der Waals surface area contributed by atoms with Crippen molar-refractivity contribution >= 4 is 11.3 Å². The number of hydrogen-bond donors (Lipinski definition) is 1. The van der Waals surface area contributed by atoms with Gasteiger partial charge in [-0.2, -0.15) is 0 Å². The number of hydrogen-bond acceptors (Lipinski definition) is 3. The van der Waals surface area contributed by atoms with E-state index < -0.39 is 0 Å². The second-order valence-corrected chi connectivity index (χ2v) is 3.79. The lowest BCUT2D eigenvalue weighted by atomic mass is 10.3. The Kier molecular flexibility index (Phi) is 3.02. The molecule has 1 heterocycles. The molecule has 2 N–H and O–H groups in total. The molecule has 3 heteroatoms. The fourth-order valence-corrected chi connectivity index (χ4v) is 2.08. The second-order valence-electron chi connectivity index (χ2n) is 2.50. The molecular formula is C8H14N2S. The minimum Gasteiger partial charge on any atom is -0.330 e. The van der Waals surface area contributed by atoms with Crippen molar-refractivity contribution in [3.63, 3.8) is 0 Å². The van der Waals surface area contributed by atoms with Crippen LogP contribution in [0.5, 0.6) is 0 Å². The van der Waals surface area contributed by atoms with Crippen LogP contribution in [0.3, 0.4) is 0 Å². The molecule has 11 heavy (non-hydrogen) atoms. The predicted octanol–water partition coefficient (Wildman–Crippen LogP) is 1.52. The van der Waals surface area contributed by atoms with Crippen molar-refractivity contribution < 1.29 is 0 Å². The molecule has 2 nitrogen and oxygen atoms in total. The molecule has 0 fully saturated rings. The maximum absolute atomic E-state index is 5.43. The van der Waals surface area contributed by atoms with Gasteiger partial charge in [0.2, 0.25) is 0 Å². The second kappa shape index (κ2) is 3.83. The molecule has 0 saturated heterocycles. The molecule has 1 aromatic heterocycles. The molecule has 1 aromatic rings. The Morgan fingerprint density at radius 2 is 2.27 bits per heavy atom. The Hall–Kier alpha value is -0.410. The van der Waals surface area contributed by atoms with Crippen LogP contribution < -0.4 is 5.73 Å². The standard InChI is InChI=1S/C8H14N2S/c1-3-7-6(2)11-8(10-7)4-5-9/h3-5,9H2,1-2H3. The number of nitrogens with zero attached hydrogens (tertiary/aromatic N) is 1. The zero-order chi connectivity index (χ0) is 8.27. The summed E-state index contributed by atoms with van der Waals surface area (Å²) in [6.45, 7) is 4.96. The van der Waals surface area contributed by atoms with Crippen LogP contribution >= 0.6 is 11.3 Å². The number of thiazole rings is 1. The smallest absolute Gasteiger partial charge is 0.0943 e. The van der Waals surface area contributed by atoms with Crippen molar-refractivity contribution in [3.05, 3.63) is 15.6 Å². The molecule has 0 aromatic carbocycles. The highest BCUT2D eigenvalue weighted by Gasteiger charge is 2.03. The van der Waals surface area contributed by atoms with Crippen molar-refractivity contribution in [2.45, 2.75) is 26.7 Å². The molecule has 62 valence electrons. The third kappa shape index (κ3) is 2.01. The Morgan fingerprint density at radius 1 is 1.55 bits per heavy atom. The van der Waals surface area contributed by atoms with Gasteiger partial charge in [-0.15, -0.1) is 11.3 Å². The van der Waals surface area contributed by atoms with E-state index >= 15 is 0 Å². The van der Waals surface area contributed by atoms with Crippen LogP contribution in [0.1, 0.15) is 22.5 Å². The van der Waals surface area contributed by atoms with Gasteiger partial charge in [-0.3, -0.25) is 0 Å². The maximum atomic E-state index is 5.43. The molecule has 0 bridgehead atoms. The number of nitrogens with two attached hydrogens (primary N) is 1. The lowest BCUT2D eigenvalue weighted by Gasteiger charge is -1.88. The molecule has 0 radical (unpaired) electrons. The fourth-order valence-electron chi connectivity index (χ4n) is 1.05. The van der Waals surface area contributed by atoms with Gasteiger partial charge in [0, 0.05) is 11.3 Å². The average molecular weight is 170 g/mol. The summed E-state index contributed by atoms with van der Waals surface area (Å²) >= 11 is 1.77. The van der Waals surface area contributed by atoms with E-state index in [-0.39, 0.29) is 0 Å². The molecule has 0 aliphatic carbocycles. The summed E-state index contributed by atoms with van der Waals surface area (Å²) in [4.78, 5) is 5.80.